The van der Waals surface area contributed by atoms with Crippen molar-refractivity contribution in [1.82, 2.24) is 4.90 Å². The van der Waals surface area contributed by atoms with Gasteiger partial charge in [-0.2, -0.15) is 4.99 Å². The summed E-state index contributed by atoms with van der Waals surface area (Å²) in [5, 5.41) is 0. The summed E-state index contributed by atoms with van der Waals surface area (Å²) >= 11 is 0. The van der Waals surface area contributed by atoms with E-state index in [0.717, 1.165) is 18.9 Å². The summed E-state index contributed by atoms with van der Waals surface area (Å²) in [6.07, 6.45) is 8.99. The van der Waals surface area contributed by atoms with Gasteiger partial charge in [0, 0.05) is 13.1 Å². The van der Waals surface area contributed by atoms with E-state index < -0.39 is 11.7 Å². The van der Waals surface area contributed by atoms with Crippen LogP contribution < -0.4 is 0 Å². The molecule has 0 radical (unpaired) electrons. The molecule has 0 atom stereocenters. The fourth-order valence-electron chi connectivity index (χ4n) is 3.59. The zero-order valence-electron chi connectivity index (χ0n) is 14.1. The number of rotatable bonds is 0. The Morgan fingerprint density at radius 2 is 1.62 bits per heavy atom. The van der Waals surface area contributed by atoms with Gasteiger partial charge in [0.05, 0.1) is 0 Å². The Labute approximate surface area is 128 Å². The highest BCUT2D eigenvalue weighted by Crippen LogP contribution is 2.44. The summed E-state index contributed by atoms with van der Waals surface area (Å²) in [5.41, 5.74) is 0.107. The number of carbonyl (C=O) groups excluding carboxylic acids is 1. The van der Waals surface area contributed by atoms with Gasteiger partial charge in [-0.3, -0.25) is 0 Å². The third-order valence-corrected chi connectivity index (χ3v) is 4.84. The average molecular weight is 294 g/mol. The minimum atomic E-state index is -0.477. The molecule has 4 nitrogen and oxygen atoms in total. The summed E-state index contributed by atoms with van der Waals surface area (Å²) in [6, 6.07) is 0. The van der Waals surface area contributed by atoms with E-state index in [2.05, 4.69) is 9.89 Å². The summed E-state index contributed by atoms with van der Waals surface area (Å²) < 4.78 is 5.26. The smallest absolute Gasteiger partial charge is 0.435 e. The maximum absolute atomic E-state index is 11.8. The van der Waals surface area contributed by atoms with E-state index in [-0.39, 0.29) is 0 Å². The van der Waals surface area contributed by atoms with E-state index in [1.165, 1.54) is 44.9 Å². The standard InChI is InChI=1S/C17H30N2O2/c1-14(18-15(20)21-16(2,3)4)19-12-10-17(11-13-19)8-6-5-7-9-17/h5-13H2,1-4H3. The van der Waals surface area contributed by atoms with Gasteiger partial charge >= 0.3 is 6.09 Å². The normalized spacial score (nSPS) is 23.2. The first-order chi connectivity index (χ1) is 9.80. The quantitative estimate of drug-likeness (QED) is 0.491. The van der Waals surface area contributed by atoms with E-state index in [0.29, 0.717) is 5.41 Å². The molecule has 1 spiro atoms. The van der Waals surface area contributed by atoms with Crippen molar-refractivity contribution in [2.24, 2.45) is 10.4 Å². The summed E-state index contributed by atoms with van der Waals surface area (Å²) in [6.45, 7) is 9.56. The van der Waals surface area contributed by atoms with Crippen molar-refractivity contribution in [2.45, 2.75) is 78.2 Å². The fourth-order valence-corrected chi connectivity index (χ4v) is 3.59. The van der Waals surface area contributed by atoms with E-state index in [1.807, 2.05) is 27.7 Å². The molecule has 0 aromatic heterocycles. The zero-order valence-corrected chi connectivity index (χ0v) is 14.1. The van der Waals surface area contributed by atoms with Gasteiger partial charge in [-0.15, -0.1) is 0 Å². The molecule has 0 unspecified atom stereocenters. The Kier molecular flexibility index (Phi) is 4.95. The molecule has 0 bridgehead atoms. The number of amidine groups is 1. The van der Waals surface area contributed by atoms with Crippen LogP contribution in [0.25, 0.3) is 0 Å². The first-order valence-electron chi connectivity index (χ1n) is 8.33. The molecule has 1 saturated heterocycles. The Balaban J connectivity index is 1.87. The van der Waals surface area contributed by atoms with E-state index in [9.17, 15) is 4.79 Å². The molecule has 0 N–H and O–H groups in total. The largest absolute Gasteiger partial charge is 0.442 e. The highest BCUT2D eigenvalue weighted by molar-refractivity contribution is 5.90. The molecule has 2 rings (SSSR count). The van der Waals surface area contributed by atoms with Gasteiger partial charge in [0.25, 0.3) is 0 Å². The lowest BCUT2D eigenvalue weighted by Gasteiger charge is -2.44. The van der Waals surface area contributed by atoms with Crippen LogP contribution in [0.5, 0.6) is 0 Å². The lowest BCUT2D eigenvalue weighted by atomic mass is 9.68. The van der Waals surface area contributed by atoms with Crippen LogP contribution in [0.3, 0.4) is 0 Å². The zero-order chi connectivity index (χ0) is 15.5. The molecule has 1 amide bonds. The Hall–Kier alpha value is -1.06. The second-order valence-corrected chi connectivity index (χ2v) is 7.69. The van der Waals surface area contributed by atoms with Crippen molar-refractivity contribution in [3.8, 4) is 0 Å². The van der Waals surface area contributed by atoms with Gasteiger partial charge in [-0.25, -0.2) is 4.79 Å². The lowest BCUT2D eigenvalue weighted by molar-refractivity contribution is 0.0597. The number of carbonyl (C=O) groups is 1. The molecule has 1 saturated carbocycles. The first-order valence-corrected chi connectivity index (χ1v) is 8.33. The Bertz CT molecular complexity index is 394. The van der Waals surface area contributed by atoms with Gasteiger partial charge < -0.3 is 9.64 Å². The van der Waals surface area contributed by atoms with Crippen molar-refractivity contribution in [2.75, 3.05) is 13.1 Å². The Morgan fingerprint density at radius 1 is 1.05 bits per heavy atom. The van der Waals surface area contributed by atoms with Crippen LogP contribution in [-0.2, 0) is 4.74 Å². The molecular weight excluding hydrogens is 264 g/mol. The highest BCUT2D eigenvalue weighted by Gasteiger charge is 2.35. The highest BCUT2D eigenvalue weighted by atomic mass is 16.6. The molecule has 1 aliphatic heterocycles. The molecule has 2 fully saturated rings. The third kappa shape index (κ3) is 4.72. The minimum Gasteiger partial charge on any atom is -0.442 e. The maximum atomic E-state index is 11.8. The molecule has 21 heavy (non-hydrogen) atoms. The summed E-state index contributed by atoms with van der Waals surface area (Å²) in [7, 11) is 0. The van der Waals surface area contributed by atoms with Crippen LogP contribution in [0, 0.1) is 5.41 Å². The number of amides is 1. The van der Waals surface area contributed by atoms with Crippen molar-refractivity contribution < 1.29 is 9.53 Å². The monoisotopic (exact) mass is 294 g/mol. The number of hydrogen-bond acceptors (Lipinski definition) is 2. The predicted molar refractivity (Wildman–Crippen MR) is 85.7 cm³/mol. The van der Waals surface area contributed by atoms with Gasteiger partial charge in [0.2, 0.25) is 0 Å². The second-order valence-electron chi connectivity index (χ2n) is 7.69. The van der Waals surface area contributed by atoms with Gasteiger partial charge in [-0.05, 0) is 58.8 Å². The van der Waals surface area contributed by atoms with Crippen LogP contribution in [-0.4, -0.2) is 35.5 Å². The van der Waals surface area contributed by atoms with Gasteiger partial charge in [0.15, 0.2) is 0 Å². The second kappa shape index (κ2) is 6.37. The molecular formula is C17H30N2O2. The first kappa shape index (κ1) is 16.3. The summed E-state index contributed by atoms with van der Waals surface area (Å²) in [5.74, 6) is 0.801. The predicted octanol–water partition coefficient (Wildman–Crippen LogP) is 4.39. The summed E-state index contributed by atoms with van der Waals surface area (Å²) in [4.78, 5) is 18.1. The van der Waals surface area contributed by atoms with Crippen molar-refractivity contribution in [1.29, 1.82) is 0 Å². The molecule has 120 valence electrons. The average Bonchev–Trinajstić information content (AvgIpc) is 2.38. The maximum Gasteiger partial charge on any atom is 0.435 e. The molecule has 4 heteroatoms. The fraction of sp³-hybridized carbons (Fsp3) is 0.882. The lowest BCUT2D eigenvalue weighted by Crippen LogP contribution is -2.43. The topological polar surface area (TPSA) is 41.9 Å². The Morgan fingerprint density at radius 3 is 2.14 bits per heavy atom. The number of hydrogen-bond donors (Lipinski definition) is 0. The van der Waals surface area contributed by atoms with E-state index in [4.69, 9.17) is 4.74 Å². The van der Waals surface area contributed by atoms with E-state index >= 15 is 0 Å². The molecule has 1 heterocycles. The number of aliphatic imine (C=N–C) groups is 1. The van der Waals surface area contributed by atoms with Gasteiger partial charge in [0.1, 0.15) is 11.4 Å². The van der Waals surface area contributed by atoms with Crippen LogP contribution in [0.4, 0.5) is 4.79 Å². The molecule has 1 aliphatic carbocycles. The number of likely N-dealkylation sites (tertiary alicyclic amines) is 1. The molecule has 0 aromatic carbocycles. The van der Waals surface area contributed by atoms with Crippen LogP contribution in [0.2, 0.25) is 0 Å². The number of piperidine rings is 1. The number of nitrogens with zero attached hydrogens (tertiary/aromatic N) is 2. The van der Waals surface area contributed by atoms with Crippen LogP contribution in [0.1, 0.15) is 72.6 Å². The molecule has 0 aromatic rings. The van der Waals surface area contributed by atoms with E-state index in [1.54, 1.807) is 0 Å². The minimum absolute atomic E-state index is 0.474. The van der Waals surface area contributed by atoms with Crippen LogP contribution in [0.15, 0.2) is 4.99 Å². The third-order valence-electron chi connectivity index (χ3n) is 4.84. The van der Waals surface area contributed by atoms with Crippen molar-refractivity contribution in [3.63, 3.8) is 0 Å². The van der Waals surface area contributed by atoms with Crippen molar-refractivity contribution >= 4 is 11.9 Å². The molecule has 2 aliphatic rings. The van der Waals surface area contributed by atoms with Crippen molar-refractivity contribution in [3.05, 3.63) is 0 Å². The number of ether oxygens (including phenoxy) is 1. The van der Waals surface area contributed by atoms with Crippen LogP contribution >= 0.6 is 0 Å². The SMILES string of the molecule is CC(=NC(=O)OC(C)(C)C)N1CCC2(CCCCC2)CC1. The van der Waals surface area contributed by atoms with Gasteiger partial charge in [-0.1, -0.05) is 19.3 Å².